The molecule has 0 spiro atoms. The molecule has 0 N–H and O–H groups in total. The van der Waals surface area contributed by atoms with E-state index in [-0.39, 0.29) is 47.0 Å². The number of hydrogen-bond donors (Lipinski definition) is 0. The van der Waals surface area contributed by atoms with Crippen LogP contribution in [0.3, 0.4) is 0 Å². The molecule has 0 amide bonds. The van der Waals surface area contributed by atoms with E-state index in [9.17, 15) is 19.2 Å². The first-order valence-corrected chi connectivity index (χ1v) is 9.27. The predicted octanol–water partition coefficient (Wildman–Crippen LogP) is 2.74. The molecule has 0 aromatic heterocycles. The van der Waals surface area contributed by atoms with Crippen LogP contribution in [0.15, 0.2) is 0 Å². The number of fused-ring (bicyclic) bond motifs is 3. The van der Waals surface area contributed by atoms with E-state index in [0.717, 1.165) is 0 Å². The molecule has 3 aliphatic rings. The quantitative estimate of drug-likeness (QED) is 0.717. The van der Waals surface area contributed by atoms with Gasteiger partial charge in [-0.3, -0.25) is 19.2 Å². The van der Waals surface area contributed by atoms with Gasteiger partial charge in [-0.25, -0.2) is 0 Å². The van der Waals surface area contributed by atoms with Crippen molar-refractivity contribution in [3.63, 3.8) is 0 Å². The van der Waals surface area contributed by atoms with Crippen LogP contribution in [0, 0.1) is 34.5 Å². The van der Waals surface area contributed by atoms with Gasteiger partial charge < -0.3 is 4.74 Å². The normalized spacial score (nSPS) is 46.7. The van der Waals surface area contributed by atoms with E-state index < -0.39 is 16.9 Å². The molecule has 5 heteroatoms. The molecule has 25 heavy (non-hydrogen) atoms. The van der Waals surface area contributed by atoms with Crippen molar-refractivity contribution >= 4 is 23.3 Å². The standard InChI is InChI=1S/C20H28O5/c1-10-8-14(11(2)21)19(4)7-6-13-18(24)25-15(12(3)22)9-20(13,5)17(19)16(10)23/h10,13-15,17H,6-9H2,1-5H3/t10-,13-,14-,15+,17-,19-,20-/m0/s1. The van der Waals surface area contributed by atoms with Gasteiger partial charge in [-0.15, -0.1) is 0 Å². The summed E-state index contributed by atoms with van der Waals surface area (Å²) >= 11 is 0. The lowest BCUT2D eigenvalue weighted by Crippen LogP contribution is -2.64. The Bertz CT molecular complexity index is 652. The van der Waals surface area contributed by atoms with E-state index in [1.807, 2.05) is 20.8 Å². The fourth-order valence-electron chi connectivity index (χ4n) is 6.10. The molecule has 0 radical (unpaired) electrons. The van der Waals surface area contributed by atoms with Gasteiger partial charge in [0, 0.05) is 17.8 Å². The zero-order valence-electron chi connectivity index (χ0n) is 15.8. The number of carbonyl (C=O) groups is 4. The summed E-state index contributed by atoms with van der Waals surface area (Å²) in [6.07, 6.45) is 1.46. The smallest absolute Gasteiger partial charge is 0.310 e. The highest BCUT2D eigenvalue weighted by molar-refractivity contribution is 5.92. The van der Waals surface area contributed by atoms with Crippen molar-refractivity contribution in [2.45, 2.75) is 66.4 Å². The van der Waals surface area contributed by atoms with Crippen molar-refractivity contribution in [1.29, 1.82) is 0 Å². The highest BCUT2D eigenvalue weighted by atomic mass is 16.5. The van der Waals surface area contributed by atoms with E-state index in [1.165, 1.54) is 6.92 Å². The molecule has 1 saturated heterocycles. The van der Waals surface area contributed by atoms with Crippen LogP contribution in [0.5, 0.6) is 0 Å². The summed E-state index contributed by atoms with van der Waals surface area (Å²) in [5, 5.41) is 0. The van der Waals surface area contributed by atoms with Crippen molar-refractivity contribution in [2.75, 3.05) is 0 Å². The Kier molecular flexibility index (Phi) is 4.20. The van der Waals surface area contributed by atoms with E-state index in [1.54, 1.807) is 6.92 Å². The molecular formula is C20H28O5. The minimum Gasteiger partial charge on any atom is -0.454 e. The van der Waals surface area contributed by atoms with E-state index in [2.05, 4.69) is 0 Å². The highest BCUT2D eigenvalue weighted by Gasteiger charge is 2.66. The van der Waals surface area contributed by atoms with Crippen LogP contribution in [0.2, 0.25) is 0 Å². The minimum atomic E-state index is -0.781. The molecule has 0 bridgehead atoms. The van der Waals surface area contributed by atoms with Crippen molar-refractivity contribution in [3.8, 4) is 0 Å². The molecule has 2 saturated carbocycles. The van der Waals surface area contributed by atoms with Gasteiger partial charge in [0.15, 0.2) is 11.9 Å². The van der Waals surface area contributed by atoms with Crippen molar-refractivity contribution < 1.29 is 23.9 Å². The van der Waals surface area contributed by atoms with Gasteiger partial charge >= 0.3 is 5.97 Å². The lowest BCUT2D eigenvalue weighted by Gasteiger charge is -2.61. The molecule has 3 rings (SSSR count). The molecule has 3 fully saturated rings. The Labute approximate surface area is 148 Å². The molecule has 138 valence electrons. The first kappa shape index (κ1) is 18.3. The lowest BCUT2D eigenvalue weighted by molar-refractivity contribution is -0.201. The van der Waals surface area contributed by atoms with Crippen LogP contribution in [-0.4, -0.2) is 29.4 Å². The van der Waals surface area contributed by atoms with Gasteiger partial charge in [0.05, 0.1) is 5.92 Å². The van der Waals surface area contributed by atoms with Crippen molar-refractivity contribution in [3.05, 3.63) is 0 Å². The molecule has 0 aromatic carbocycles. The Morgan fingerprint density at radius 1 is 1.08 bits per heavy atom. The maximum Gasteiger partial charge on any atom is 0.310 e. The van der Waals surface area contributed by atoms with Crippen LogP contribution in [0.4, 0.5) is 0 Å². The van der Waals surface area contributed by atoms with Gasteiger partial charge in [-0.05, 0) is 50.4 Å². The highest BCUT2D eigenvalue weighted by Crippen LogP contribution is 2.64. The number of carbonyl (C=O) groups excluding carboxylic acids is 4. The van der Waals surface area contributed by atoms with E-state index in [0.29, 0.717) is 25.7 Å². The molecule has 1 aliphatic heterocycles. The van der Waals surface area contributed by atoms with Crippen molar-refractivity contribution in [1.82, 2.24) is 0 Å². The second kappa shape index (κ2) is 5.75. The average Bonchev–Trinajstić information content (AvgIpc) is 2.49. The molecule has 7 atom stereocenters. The number of Topliss-reactive ketones (excluding diaryl/α,β-unsaturated/α-hetero) is 3. The Balaban J connectivity index is 2.11. The summed E-state index contributed by atoms with van der Waals surface area (Å²) in [5.41, 5.74) is -1.07. The minimum absolute atomic E-state index is 0.121. The summed E-state index contributed by atoms with van der Waals surface area (Å²) in [5.74, 6) is -1.40. The Morgan fingerprint density at radius 3 is 2.28 bits per heavy atom. The van der Waals surface area contributed by atoms with Crippen LogP contribution in [0.25, 0.3) is 0 Å². The molecule has 2 aliphatic carbocycles. The maximum atomic E-state index is 13.2. The van der Waals surface area contributed by atoms with Gasteiger partial charge in [0.1, 0.15) is 11.6 Å². The maximum absolute atomic E-state index is 13.2. The number of ether oxygens (including phenoxy) is 1. The second-order valence-electron chi connectivity index (χ2n) is 8.98. The average molecular weight is 348 g/mol. The zero-order valence-corrected chi connectivity index (χ0v) is 15.8. The SMILES string of the molecule is CC(=O)[C@H]1C[C@]2(C)[C@H]3C(=O)[C@@H](C)C[C@@H](C(C)=O)[C@]3(C)CC[C@H]2C(=O)O1. The monoisotopic (exact) mass is 348 g/mol. The fourth-order valence-corrected chi connectivity index (χ4v) is 6.10. The first-order valence-electron chi connectivity index (χ1n) is 9.27. The van der Waals surface area contributed by atoms with Gasteiger partial charge in [0.2, 0.25) is 0 Å². The number of hydrogen-bond acceptors (Lipinski definition) is 5. The first-order chi connectivity index (χ1) is 11.5. The van der Waals surface area contributed by atoms with E-state index >= 15 is 0 Å². The largest absolute Gasteiger partial charge is 0.454 e. The fraction of sp³-hybridized carbons (Fsp3) is 0.800. The topological polar surface area (TPSA) is 77.5 Å². The third-order valence-electron chi connectivity index (χ3n) is 7.35. The summed E-state index contributed by atoms with van der Waals surface area (Å²) in [6, 6.07) is 0. The lowest BCUT2D eigenvalue weighted by atomic mass is 9.42. The number of cyclic esters (lactones) is 1. The third-order valence-corrected chi connectivity index (χ3v) is 7.35. The van der Waals surface area contributed by atoms with Gasteiger partial charge in [0.25, 0.3) is 0 Å². The second-order valence-corrected chi connectivity index (χ2v) is 8.98. The number of ketones is 3. The third kappa shape index (κ3) is 2.49. The van der Waals surface area contributed by atoms with E-state index in [4.69, 9.17) is 4.74 Å². The number of rotatable bonds is 2. The van der Waals surface area contributed by atoms with Crippen LogP contribution in [-0.2, 0) is 23.9 Å². The molecule has 1 heterocycles. The van der Waals surface area contributed by atoms with Crippen LogP contribution >= 0.6 is 0 Å². The van der Waals surface area contributed by atoms with Gasteiger partial charge in [-0.1, -0.05) is 20.8 Å². The van der Waals surface area contributed by atoms with Crippen molar-refractivity contribution in [2.24, 2.45) is 34.5 Å². The molecular weight excluding hydrogens is 320 g/mol. The predicted molar refractivity (Wildman–Crippen MR) is 90.6 cm³/mol. The summed E-state index contributed by atoms with van der Waals surface area (Å²) in [7, 11) is 0. The Morgan fingerprint density at radius 2 is 1.72 bits per heavy atom. The molecule has 5 nitrogen and oxygen atoms in total. The molecule has 0 aromatic rings. The number of esters is 1. The Hall–Kier alpha value is -1.52. The summed E-state index contributed by atoms with van der Waals surface area (Å²) < 4.78 is 5.36. The van der Waals surface area contributed by atoms with Crippen LogP contribution < -0.4 is 0 Å². The summed E-state index contributed by atoms with van der Waals surface area (Å²) in [6.45, 7) is 8.92. The molecule has 0 unspecified atom stereocenters. The summed E-state index contributed by atoms with van der Waals surface area (Å²) in [4.78, 5) is 50.1. The zero-order chi connectivity index (χ0) is 18.7. The van der Waals surface area contributed by atoms with Gasteiger partial charge in [-0.2, -0.15) is 0 Å². The van der Waals surface area contributed by atoms with Crippen LogP contribution in [0.1, 0.15) is 60.3 Å².